The molecule has 0 radical (unpaired) electrons. The Morgan fingerprint density at radius 1 is 1.17 bits per heavy atom. The molecule has 1 rings (SSSR count). The van der Waals surface area contributed by atoms with Crippen LogP contribution < -0.4 is 0 Å². The van der Waals surface area contributed by atoms with Gasteiger partial charge in [0.15, 0.2) is 12.3 Å². The summed E-state index contributed by atoms with van der Waals surface area (Å²) in [5, 5.41) is 0. The van der Waals surface area contributed by atoms with Crippen molar-refractivity contribution in [3.05, 3.63) is 29.3 Å². The first-order chi connectivity index (χ1) is 8.16. The van der Waals surface area contributed by atoms with E-state index in [-0.39, 0.29) is 5.56 Å². The molecule has 2 unspecified atom stereocenters. The van der Waals surface area contributed by atoms with E-state index in [0.29, 0.717) is 0 Å². The molecule has 0 aliphatic rings. The molecule has 0 saturated carbocycles. The lowest BCUT2D eigenvalue weighted by Gasteiger charge is -2.16. The van der Waals surface area contributed by atoms with Crippen LogP contribution in [-0.4, -0.2) is 25.6 Å². The van der Waals surface area contributed by atoms with Gasteiger partial charge in [-0.3, -0.25) is 4.55 Å². The Hall–Kier alpha value is -1.15. The molecular weight excluding hydrogens is 276 g/mol. The van der Waals surface area contributed by atoms with Crippen molar-refractivity contribution in [2.24, 2.45) is 0 Å². The van der Waals surface area contributed by atoms with E-state index in [2.05, 4.69) is 0 Å². The van der Waals surface area contributed by atoms with E-state index in [4.69, 9.17) is 4.55 Å². The molecule has 0 spiro atoms. The van der Waals surface area contributed by atoms with Crippen molar-refractivity contribution in [1.82, 2.24) is 0 Å². The molecule has 8 heteroatoms. The minimum Gasteiger partial charge on any atom is -0.282 e. The molecule has 0 amide bonds. The van der Waals surface area contributed by atoms with E-state index in [9.17, 15) is 26.0 Å². The summed E-state index contributed by atoms with van der Waals surface area (Å²) in [6.45, 7) is 1.23. The van der Waals surface area contributed by atoms with Crippen LogP contribution in [0.1, 0.15) is 17.3 Å². The molecule has 0 bridgehead atoms. The lowest BCUT2D eigenvalue weighted by Crippen LogP contribution is -2.21. The monoisotopic (exact) mass is 286 g/mol. The van der Waals surface area contributed by atoms with E-state index in [1.54, 1.807) is 0 Å². The molecule has 0 heterocycles. The molecule has 3 nitrogen and oxygen atoms in total. The van der Waals surface area contributed by atoms with Gasteiger partial charge in [0.05, 0.1) is 0 Å². The minimum absolute atomic E-state index is 0.0564. The Morgan fingerprint density at radius 2 is 1.72 bits per heavy atom. The van der Waals surface area contributed by atoms with Gasteiger partial charge in [0.1, 0.15) is 4.90 Å². The Morgan fingerprint density at radius 3 is 2.17 bits per heavy atom. The van der Waals surface area contributed by atoms with Gasteiger partial charge in [-0.2, -0.15) is 8.42 Å². The molecule has 102 valence electrons. The van der Waals surface area contributed by atoms with E-state index in [0.717, 1.165) is 6.07 Å². The van der Waals surface area contributed by atoms with Gasteiger partial charge in [-0.25, -0.2) is 17.6 Å². The molecule has 0 aliphatic carbocycles. The number of benzene rings is 1. The SMILES string of the molecule is Cc1cccc(C(F)C(F)C(F)F)c1S(=O)(=O)O. The van der Waals surface area contributed by atoms with Crippen molar-refractivity contribution in [3.8, 4) is 0 Å². The Labute approximate surface area is 101 Å². The molecule has 0 fully saturated rings. The predicted octanol–water partition coefficient (Wildman–Crippen LogP) is 2.86. The largest absolute Gasteiger partial charge is 0.295 e. The maximum atomic E-state index is 13.5. The topological polar surface area (TPSA) is 54.4 Å². The molecule has 0 saturated heterocycles. The molecule has 1 aromatic rings. The van der Waals surface area contributed by atoms with Gasteiger partial charge in [-0.1, -0.05) is 18.2 Å². The zero-order valence-electron chi connectivity index (χ0n) is 9.15. The van der Waals surface area contributed by atoms with Crippen LogP contribution in [0.25, 0.3) is 0 Å². The quantitative estimate of drug-likeness (QED) is 0.684. The van der Waals surface area contributed by atoms with Gasteiger partial charge in [-0.15, -0.1) is 0 Å². The van der Waals surface area contributed by atoms with Gasteiger partial charge in [0.25, 0.3) is 16.5 Å². The Bertz CT molecular complexity index is 530. The zero-order valence-corrected chi connectivity index (χ0v) is 9.96. The van der Waals surface area contributed by atoms with E-state index in [1.165, 1.54) is 19.1 Å². The summed E-state index contributed by atoms with van der Waals surface area (Å²) in [6.07, 6.45) is -9.58. The molecular formula is C10H10F4O3S. The second kappa shape index (κ2) is 5.23. The molecule has 1 N–H and O–H groups in total. The summed E-state index contributed by atoms with van der Waals surface area (Å²) in [4.78, 5) is -0.874. The third-order valence-electron chi connectivity index (χ3n) is 2.32. The van der Waals surface area contributed by atoms with E-state index < -0.39 is 39.3 Å². The summed E-state index contributed by atoms with van der Waals surface area (Å²) in [5.74, 6) is 0. The highest BCUT2D eigenvalue weighted by Gasteiger charge is 2.35. The fraction of sp³-hybridized carbons (Fsp3) is 0.400. The molecule has 2 atom stereocenters. The first kappa shape index (κ1) is 14.9. The number of alkyl halides is 4. The smallest absolute Gasteiger partial charge is 0.282 e. The van der Waals surface area contributed by atoms with Crippen molar-refractivity contribution in [2.45, 2.75) is 30.6 Å². The predicted molar refractivity (Wildman–Crippen MR) is 55.7 cm³/mol. The highest BCUT2D eigenvalue weighted by molar-refractivity contribution is 7.86. The third-order valence-corrected chi connectivity index (χ3v) is 3.39. The standard InChI is InChI=1S/C10H10F4O3S/c1-5-3-2-4-6(9(5)18(15,16)17)7(11)8(12)10(13)14/h2-4,7-8,10H,1H3,(H,15,16,17). The fourth-order valence-electron chi connectivity index (χ4n) is 1.54. The van der Waals surface area contributed by atoms with Crippen LogP contribution in [0, 0.1) is 6.92 Å². The highest BCUT2D eigenvalue weighted by Crippen LogP contribution is 2.33. The highest BCUT2D eigenvalue weighted by atomic mass is 32.2. The van der Waals surface area contributed by atoms with Gasteiger partial charge in [-0.05, 0) is 12.5 Å². The first-order valence-corrected chi connectivity index (χ1v) is 6.23. The molecule has 18 heavy (non-hydrogen) atoms. The Balaban J connectivity index is 3.38. The van der Waals surface area contributed by atoms with E-state index >= 15 is 0 Å². The minimum atomic E-state index is -4.82. The van der Waals surface area contributed by atoms with Crippen LogP contribution in [0.3, 0.4) is 0 Å². The average Bonchev–Trinajstić information content (AvgIpc) is 2.24. The van der Waals surface area contributed by atoms with Crippen molar-refractivity contribution in [1.29, 1.82) is 0 Å². The number of hydrogen-bond donors (Lipinski definition) is 1. The maximum Gasteiger partial charge on any atom is 0.295 e. The van der Waals surface area contributed by atoms with Gasteiger partial charge >= 0.3 is 0 Å². The van der Waals surface area contributed by atoms with Crippen molar-refractivity contribution >= 4 is 10.1 Å². The molecule has 0 aromatic heterocycles. The van der Waals surface area contributed by atoms with Gasteiger partial charge in [0.2, 0.25) is 0 Å². The van der Waals surface area contributed by atoms with Gasteiger partial charge in [0, 0.05) is 5.56 Å². The van der Waals surface area contributed by atoms with E-state index in [1.807, 2.05) is 0 Å². The van der Waals surface area contributed by atoms with Crippen LogP contribution in [0.5, 0.6) is 0 Å². The number of rotatable bonds is 4. The van der Waals surface area contributed by atoms with Crippen molar-refractivity contribution in [2.75, 3.05) is 0 Å². The third kappa shape index (κ3) is 2.99. The summed E-state index contributed by atoms with van der Waals surface area (Å²) in [7, 11) is -4.82. The summed E-state index contributed by atoms with van der Waals surface area (Å²) < 4.78 is 81.6. The lowest BCUT2D eigenvalue weighted by atomic mass is 10.0. The zero-order chi connectivity index (χ0) is 14.1. The number of halogens is 4. The normalized spacial score (nSPS) is 15.7. The fourth-order valence-corrected chi connectivity index (χ4v) is 2.50. The van der Waals surface area contributed by atoms with Crippen LogP contribution in [0.4, 0.5) is 17.6 Å². The second-order valence-corrected chi connectivity index (χ2v) is 5.01. The van der Waals surface area contributed by atoms with Crippen molar-refractivity contribution in [3.63, 3.8) is 0 Å². The number of aryl methyl sites for hydroxylation is 1. The van der Waals surface area contributed by atoms with Gasteiger partial charge < -0.3 is 0 Å². The summed E-state index contributed by atoms with van der Waals surface area (Å²) >= 11 is 0. The molecule has 1 aromatic carbocycles. The van der Waals surface area contributed by atoms with Crippen LogP contribution in [0.15, 0.2) is 23.1 Å². The summed E-state index contributed by atoms with van der Waals surface area (Å²) in [6, 6.07) is 3.26. The second-order valence-electron chi connectivity index (χ2n) is 3.65. The maximum absolute atomic E-state index is 13.5. The molecule has 0 aliphatic heterocycles. The lowest BCUT2D eigenvalue weighted by molar-refractivity contribution is 0.00192. The first-order valence-electron chi connectivity index (χ1n) is 4.79. The average molecular weight is 286 g/mol. The van der Waals surface area contributed by atoms with Crippen molar-refractivity contribution < 1.29 is 30.5 Å². The van der Waals surface area contributed by atoms with Crippen LogP contribution in [-0.2, 0) is 10.1 Å². The number of hydrogen-bond acceptors (Lipinski definition) is 2. The van der Waals surface area contributed by atoms with Crippen LogP contribution >= 0.6 is 0 Å². The Kier molecular flexibility index (Phi) is 4.33. The van der Waals surface area contributed by atoms with Crippen LogP contribution in [0.2, 0.25) is 0 Å². The summed E-state index contributed by atoms with van der Waals surface area (Å²) in [5.41, 5.74) is -0.871.